The molecule has 0 aliphatic rings. The van der Waals surface area contributed by atoms with E-state index in [0.29, 0.717) is 0 Å². The monoisotopic (exact) mass is 389 g/mol. The molecule has 0 unspecified atom stereocenters. The molecule has 0 amide bonds. The second kappa shape index (κ2) is 7.65. The maximum absolute atomic E-state index is 13.4. The Kier molecular flexibility index (Phi) is 5.76. The lowest BCUT2D eigenvalue weighted by Gasteiger charge is -2.11. The molecule has 0 aliphatic carbocycles. The van der Waals surface area contributed by atoms with Gasteiger partial charge < -0.3 is 9.47 Å². The normalized spacial score (nSPS) is 12.6. The fraction of sp³-hybridized carbons (Fsp3) is 0.188. The zero-order valence-electron chi connectivity index (χ0n) is 13.8. The highest BCUT2D eigenvalue weighted by molar-refractivity contribution is 7.84. The number of rotatable bonds is 5. The van der Waals surface area contributed by atoms with Crippen LogP contribution in [0.15, 0.2) is 53.4 Å². The maximum atomic E-state index is 13.4. The van der Waals surface area contributed by atoms with Gasteiger partial charge in [0.25, 0.3) is 0 Å². The smallest absolute Gasteiger partial charge is 0.495 e. The standard InChI is InChI=1S/C16H15F3N2O4S/c1-24-11-8-9-14(25-2)13(10-11)20-15(16(17,18)19)21-26(22,23)12-6-4-3-5-7-12/h3-10H,1-2H3,(H,20,21)/p+1. The predicted octanol–water partition coefficient (Wildman–Crippen LogP) is 1.55. The van der Waals surface area contributed by atoms with Gasteiger partial charge in [-0.2, -0.15) is 26.0 Å². The summed E-state index contributed by atoms with van der Waals surface area (Å²) >= 11 is 0. The highest BCUT2D eigenvalue weighted by Crippen LogP contribution is 2.30. The minimum Gasteiger partial charge on any atom is -0.497 e. The Morgan fingerprint density at radius 1 is 1.04 bits per heavy atom. The summed E-state index contributed by atoms with van der Waals surface area (Å²) in [6.07, 6.45) is -4.99. The van der Waals surface area contributed by atoms with E-state index < -0.39 is 22.0 Å². The van der Waals surface area contributed by atoms with Crippen LogP contribution in [0.3, 0.4) is 0 Å². The van der Waals surface area contributed by atoms with Crippen LogP contribution in [0.1, 0.15) is 0 Å². The number of alkyl halides is 3. The summed E-state index contributed by atoms with van der Waals surface area (Å²) in [5.74, 6) is -1.24. The quantitative estimate of drug-likeness (QED) is 0.599. The number of anilines is 1. The van der Waals surface area contributed by atoms with E-state index in [0.717, 1.165) is 0 Å². The van der Waals surface area contributed by atoms with Crippen LogP contribution >= 0.6 is 0 Å². The van der Waals surface area contributed by atoms with Crippen molar-refractivity contribution in [3.63, 3.8) is 0 Å². The molecule has 2 aromatic carbocycles. The van der Waals surface area contributed by atoms with Crippen molar-refractivity contribution in [2.24, 2.45) is 0 Å². The van der Waals surface area contributed by atoms with Gasteiger partial charge in [-0.25, -0.2) is 5.32 Å². The Morgan fingerprint density at radius 2 is 1.69 bits per heavy atom. The number of halogens is 3. The molecule has 2 aromatic rings. The van der Waals surface area contributed by atoms with Crippen LogP contribution < -0.4 is 19.2 Å². The minimum absolute atomic E-state index is 0.0754. The highest BCUT2D eigenvalue weighted by atomic mass is 32.2. The number of hydrogen-bond acceptors (Lipinski definition) is 4. The fourth-order valence-electron chi connectivity index (χ4n) is 1.99. The summed E-state index contributed by atoms with van der Waals surface area (Å²) in [7, 11) is -1.82. The van der Waals surface area contributed by atoms with Crippen molar-refractivity contribution in [1.82, 2.24) is 0 Å². The average molecular weight is 389 g/mol. The summed E-state index contributed by atoms with van der Waals surface area (Å²) in [5.41, 5.74) is -0.116. The lowest BCUT2D eigenvalue weighted by atomic mass is 10.2. The van der Waals surface area contributed by atoms with Gasteiger partial charge in [-0.3, -0.25) is 0 Å². The van der Waals surface area contributed by atoms with E-state index in [9.17, 15) is 21.6 Å². The van der Waals surface area contributed by atoms with Gasteiger partial charge in [0.1, 0.15) is 10.6 Å². The van der Waals surface area contributed by atoms with Crippen LogP contribution in [0.5, 0.6) is 11.5 Å². The zero-order chi connectivity index (χ0) is 19.4. The van der Waals surface area contributed by atoms with E-state index in [2.05, 4.69) is 0 Å². The number of ether oxygens (including phenoxy) is 2. The summed E-state index contributed by atoms with van der Waals surface area (Å²) in [6.45, 7) is 0. The second-order valence-electron chi connectivity index (χ2n) is 4.98. The largest absolute Gasteiger partial charge is 0.497 e. The molecule has 26 heavy (non-hydrogen) atoms. The van der Waals surface area contributed by atoms with Gasteiger partial charge in [0.2, 0.25) is 0 Å². The average Bonchev–Trinajstić information content (AvgIpc) is 2.61. The molecule has 0 aliphatic heterocycles. The molecule has 0 fully saturated rings. The molecule has 6 nitrogen and oxygen atoms in total. The molecule has 0 radical (unpaired) electrons. The van der Waals surface area contributed by atoms with Crippen LogP contribution in [0.2, 0.25) is 0 Å². The van der Waals surface area contributed by atoms with Crippen molar-refractivity contribution in [2.75, 3.05) is 19.5 Å². The van der Waals surface area contributed by atoms with Crippen LogP contribution in [0.4, 0.5) is 18.9 Å². The Balaban J connectivity index is 2.51. The third-order valence-electron chi connectivity index (χ3n) is 3.24. The molecule has 0 saturated carbocycles. The van der Waals surface area contributed by atoms with E-state index in [1.54, 1.807) is 10.5 Å². The number of methoxy groups -OCH3 is 2. The first-order valence-corrected chi connectivity index (χ1v) is 8.67. The van der Waals surface area contributed by atoms with Gasteiger partial charge >= 0.3 is 22.0 Å². The maximum Gasteiger partial charge on any atom is 0.495 e. The summed E-state index contributed by atoms with van der Waals surface area (Å²) in [5, 5.41) is 2.04. The van der Waals surface area contributed by atoms with Crippen molar-refractivity contribution in [1.29, 1.82) is 0 Å². The van der Waals surface area contributed by atoms with Gasteiger partial charge in [0.15, 0.2) is 11.4 Å². The summed E-state index contributed by atoms with van der Waals surface area (Å²) in [4.78, 5) is -0.304. The molecular weight excluding hydrogens is 373 g/mol. The number of nitrogens with one attached hydrogen (secondary N) is 2. The topological polar surface area (TPSA) is 78.6 Å². The molecule has 0 atom stereocenters. The third kappa shape index (κ3) is 4.66. The number of amidine groups is 1. The van der Waals surface area contributed by atoms with E-state index >= 15 is 0 Å². The number of sulfonamides is 1. The lowest BCUT2D eigenvalue weighted by Crippen LogP contribution is -2.80. The van der Waals surface area contributed by atoms with Crippen LogP contribution in [0, 0.1) is 0 Å². The first-order valence-electron chi connectivity index (χ1n) is 7.18. The molecule has 2 N–H and O–H groups in total. The lowest BCUT2D eigenvalue weighted by molar-refractivity contribution is -0.289. The van der Waals surface area contributed by atoms with Crippen molar-refractivity contribution in [3.05, 3.63) is 48.5 Å². The fourth-order valence-corrected chi connectivity index (χ4v) is 3.06. The van der Waals surface area contributed by atoms with Gasteiger partial charge in [0.05, 0.1) is 14.2 Å². The Morgan fingerprint density at radius 3 is 2.23 bits per heavy atom. The third-order valence-corrected chi connectivity index (χ3v) is 4.61. The van der Waals surface area contributed by atoms with E-state index in [1.165, 1.54) is 56.7 Å². The van der Waals surface area contributed by atoms with Crippen molar-refractivity contribution >= 4 is 21.5 Å². The highest BCUT2D eigenvalue weighted by Gasteiger charge is 2.44. The van der Waals surface area contributed by atoms with Crippen LogP contribution in [-0.4, -0.2) is 34.6 Å². The molecule has 10 heteroatoms. The Hall–Kier alpha value is -2.75. The van der Waals surface area contributed by atoms with E-state index in [-0.39, 0.29) is 22.1 Å². The Labute approximate surface area is 148 Å². The van der Waals surface area contributed by atoms with E-state index in [1.807, 2.05) is 5.32 Å². The summed E-state index contributed by atoms with van der Waals surface area (Å²) < 4.78 is 76.1. The predicted molar refractivity (Wildman–Crippen MR) is 88.8 cm³/mol. The van der Waals surface area contributed by atoms with Crippen LogP contribution in [-0.2, 0) is 10.0 Å². The zero-order valence-corrected chi connectivity index (χ0v) is 14.6. The molecule has 0 spiro atoms. The number of benzene rings is 2. The van der Waals surface area contributed by atoms with Gasteiger partial charge in [-0.1, -0.05) is 18.2 Å². The van der Waals surface area contributed by atoms with Crippen LogP contribution in [0.25, 0.3) is 0 Å². The van der Waals surface area contributed by atoms with Crippen molar-refractivity contribution in [3.8, 4) is 11.5 Å². The SMILES string of the molecule is COc1ccc(OC)c(NC(=[NH+]S(=O)(=O)c2ccccc2)C(F)(F)F)c1. The Bertz CT molecular complexity index is 897. The molecular formula is C16H16F3N2O4S+. The van der Waals surface area contributed by atoms with Gasteiger partial charge in [0, 0.05) is 6.07 Å². The van der Waals surface area contributed by atoms with Gasteiger partial charge in [-0.15, -0.1) is 0 Å². The first kappa shape index (κ1) is 19.6. The first-order chi connectivity index (χ1) is 12.2. The van der Waals surface area contributed by atoms with Gasteiger partial charge in [-0.05, 0) is 24.3 Å². The molecule has 0 heterocycles. The molecule has 0 saturated heterocycles. The number of hydrogen-bond donors (Lipinski definition) is 2. The van der Waals surface area contributed by atoms with E-state index in [4.69, 9.17) is 9.47 Å². The minimum atomic E-state index is -4.99. The molecule has 0 aromatic heterocycles. The van der Waals surface area contributed by atoms with Crippen molar-refractivity contribution in [2.45, 2.75) is 11.1 Å². The van der Waals surface area contributed by atoms with Crippen molar-refractivity contribution < 1.29 is 35.5 Å². The molecule has 140 valence electrons. The second-order valence-corrected chi connectivity index (χ2v) is 6.66. The molecule has 2 rings (SSSR count). The molecule has 0 bridgehead atoms. The summed E-state index contributed by atoms with van der Waals surface area (Å²) in [6, 6.07) is 10.9.